The monoisotopic (exact) mass is 227 g/mol. The molecule has 0 aromatic carbocycles. The minimum absolute atomic E-state index is 0.261. The summed E-state index contributed by atoms with van der Waals surface area (Å²) < 4.78 is 40.5. The lowest BCUT2D eigenvalue weighted by Crippen LogP contribution is -2.37. The van der Waals surface area contributed by atoms with Crippen LogP contribution >= 0.6 is 0 Å². The van der Waals surface area contributed by atoms with Crippen LogP contribution in [0.1, 0.15) is 32.6 Å². The van der Waals surface area contributed by atoms with Crippen LogP contribution in [-0.4, -0.2) is 24.8 Å². The zero-order valence-electron chi connectivity index (χ0n) is 8.64. The molecule has 1 atom stereocenters. The molecule has 0 aromatic heterocycles. The van der Waals surface area contributed by atoms with E-state index in [0.29, 0.717) is 0 Å². The molecule has 0 aliphatic heterocycles. The molecule has 0 unspecified atom stereocenters. The minimum atomic E-state index is -4.44. The Kier molecular flexibility index (Phi) is 6.31. The third-order valence-corrected chi connectivity index (χ3v) is 1.84. The van der Waals surface area contributed by atoms with Crippen molar-refractivity contribution in [2.75, 3.05) is 6.61 Å². The van der Waals surface area contributed by atoms with Gasteiger partial charge in [-0.15, -0.1) is 0 Å². The van der Waals surface area contributed by atoms with Gasteiger partial charge in [0.05, 0.1) is 6.61 Å². The van der Waals surface area contributed by atoms with E-state index in [1.165, 1.54) is 0 Å². The van der Waals surface area contributed by atoms with Gasteiger partial charge < -0.3 is 10.5 Å². The van der Waals surface area contributed by atoms with Gasteiger partial charge in [-0.25, -0.2) is 0 Å². The fourth-order valence-electron chi connectivity index (χ4n) is 0.840. The predicted octanol–water partition coefficient (Wildman–Crippen LogP) is 2.00. The fraction of sp³-hybridized carbons (Fsp3) is 0.889. The summed E-state index contributed by atoms with van der Waals surface area (Å²) in [5.41, 5.74) is 4.82. The summed E-state index contributed by atoms with van der Waals surface area (Å²) in [6.45, 7) is 2.18. The quantitative estimate of drug-likeness (QED) is 0.557. The van der Waals surface area contributed by atoms with Crippen LogP contribution in [-0.2, 0) is 9.53 Å². The van der Waals surface area contributed by atoms with Gasteiger partial charge in [-0.2, -0.15) is 13.2 Å². The third-order valence-electron chi connectivity index (χ3n) is 1.84. The van der Waals surface area contributed by atoms with Gasteiger partial charge in [0.15, 0.2) is 0 Å². The van der Waals surface area contributed by atoms with Crippen LogP contribution in [0.4, 0.5) is 13.2 Å². The van der Waals surface area contributed by atoms with Gasteiger partial charge >= 0.3 is 12.1 Å². The highest BCUT2D eigenvalue weighted by atomic mass is 19.4. The molecule has 90 valence electrons. The van der Waals surface area contributed by atoms with Crippen molar-refractivity contribution in [2.24, 2.45) is 5.73 Å². The van der Waals surface area contributed by atoms with E-state index in [0.717, 1.165) is 12.8 Å². The van der Waals surface area contributed by atoms with Gasteiger partial charge in [-0.05, 0) is 12.8 Å². The Morgan fingerprint density at radius 2 is 2.07 bits per heavy atom. The number of ether oxygens (including phenoxy) is 1. The van der Waals surface area contributed by atoms with Gasteiger partial charge in [-0.3, -0.25) is 4.79 Å². The first kappa shape index (κ1) is 14.2. The second-order valence-electron chi connectivity index (χ2n) is 3.26. The van der Waals surface area contributed by atoms with Crippen LogP contribution in [0.5, 0.6) is 0 Å². The van der Waals surface area contributed by atoms with Crippen LogP contribution in [0.25, 0.3) is 0 Å². The summed E-state index contributed by atoms with van der Waals surface area (Å²) in [6, 6.07) is -1.95. The number of carbonyl (C=O) groups excluding carboxylic acids is 1. The van der Waals surface area contributed by atoms with E-state index < -0.39 is 24.6 Å². The first-order valence-corrected chi connectivity index (χ1v) is 4.85. The number of unbranched alkanes of at least 4 members (excludes halogenated alkanes) is 1. The Bertz CT molecular complexity index is 194. The fourth-order valence-corrected chi connectivity index (χ4v) is 0.840. The van der Waals surface area contributed by atoms with Crippen molar-refractivity contribution in [3.05, 3.63) is 0 Å². The summed E-state index contributed by atoms with van der Waals surface area (Å²) in [5.74, 6) is -0.622. The number of esters is 1. The lowest BCUT2D eigenvalue weighted by atomic mass is 10.1. The molecule has 0 fully saturated rings. The average Bonchev–Trinajstić information content (AvgIpc) is 2.13. The second-order valence-corrected chi connectivity index (χ2v) is 3.26. The van der Waals surface area contributed by atoms with Crippen molar-refractivity contribution in [3.8, 4) is 0 Å². The second kappa shape index (κ2) is 6.66. The maximum absolute atomic E-state index is 11.9. The van der Waals surface area contributed by atoms with Crippen molar-refractivity contribution in [1.82, 2.24) is 0 Å². The molecule has 0 rings (SSSR count). The summed E-state index contributed by atoms with van der Waals surface area (Å²) in [5, 5.41) is 0. The Balaban J connectivity index is 3.62. The molecule has 0 spiro atoms. The van der Waals surface area contributed by atoms with Crippen molar-refractivity contribution in [2.45, 2.75) is 44.8 Å². The molecule has 0 aromatic rings. The highest BCUT2D eigenvalue weighted by molar-refractivity contribution is 5.69. The van der Waals surface area contributed by atoms with Crippen LogP contribution in [0, 0.1) is 0 Å². The van der Waals surface area contributed by atoms with Crippen molar-refractivity contribution in [3.63, 3.8) is 0 Å². The van der Waals surface area contributed by atoms with Gasteiger partial charge in [0.1, 0.15) is 6.04 Å². The van der Waals surface area contributed by atoms with E-state index in [4.69, 9.17) is 5.73 Å². The molecule has 0 saturated carbocycles. The van der Waals surface area contributed by atoms with Crippen molar-refractivity contribution < 1.29 is 22.7 Å². The maximum atomic E-state index is 11.9. The summed E-state index contributed by atoms with van der Waals surface area (Å²) in [6.07, 6.45) is -3.56. The summed E-state index contributed by atoms with van der Waals surface area (Å²) >= 11 is 0. The number of alkyl halides is 3. The molecule has 0 amide bonds. The number of carbonyl (C=O) groups is 1. The molecule has 2 N–H and O–H groups in total. The molecule has 0 saturated heterocycles. The molecule has 0 radical (unpaired) electrons. The maximum Gasteiger partial charge on any atom is 0.403 e. The minimum Gasteiger partial charge on any atom is -0.466 e. The highest BCUT2D eigenvalue weighted by Crippen LogP contribution is 2.21. The van der Waals surface area contributed by atoms with E-state index >= 15 is 0 Å². The van der Waals surface area contributed by atoms with Crippen LogP contribution < -0.4 is 5.73 Å². The van der Waals surface area contributed by atoms with Crippen LogP contribution in [0.3, 0.4) is 0 Å². The number of halogens is 3. The van der Waals surface area contributed by atoms with Gasteiger partial charge in [0.25, 0.3) is 0 Å². The van der Waals surface area contributed by atoms with E-state index in [-0.39, 0.29) is 13.0 Å². The lowest BCUT2D eigenvalue weighted by molar-refractivity contribution is -0.154. The molecule has 3 nitrogen and oxygen atoms in total. The van der Waals surface area contributed by atoms with E-state index in [9.17, 15) is 18.0 Å². The molecule has 0 aliphatic carbocycles. The zero-order valence-corrected chi connectivity index (χ0v) is 8.64. The van der Waals surface area contributed by atoms with Crippen LogP contribution in [0.15, 0.2) is 0 Å². The van der Waals surface area contributed by atoms with Gasteiger partial charge in [0.2, 0.25) is 0 Å². The molecular weight excluding hydrogens is 211 g/mol. The molecule has 0 bridgehead atoms. The molecule has 15 heavy (non-hydrogen) atoms. The topological polar surface area (TPSA) is 52.3 Å². The Morgan fingerprint density at radius 3 is 2.53 bits per heavy atom. The number of nitrogens with two attached hydrogens (primary N) is 1. The number of hydrogen-bond acceptors (Lipinski definition) is 3. The third kappa shape index (κ3) is 7.18. The number of rotatable bonds is 6. The van der Waals surface area contributed by atoms with Crippen LogP contribution in [0.2, 0.25) is 0 Å². The highest BCUT2D eigenvalue weighted by Gasteiger charge is 2.36. The Labute approximate surface area is 86.8 Å². The van der Waals surface area contributed by atoms with E-state index in [2.05, 4.69) is 4.74 Å². The van der Waals surface area contributed by atoms with Crippen molar-refractivity contribution >= 4 is 5.97 Å². The first-order valence-electron chi connectivity index (χ1n) is 4.85. The Morgan fingerprint density at radius 1 is 1.47 bits per heavy atom. The number of hydrogen-bond donors (Lipinski definition) is 1. The van der Waals surface area contributed by atoms with Crippen molar-refractivity contribution in [1.29, 1.82) is 0 Å². The van der Waals surface area contributed by atoms with Gasteiger partial charge in [-0.1, -0.05) is 13.3 Å². The normalized spacial score (nSPS) is 13.7. The lowest BCUT2D eigenvalue weighted by Gasteiger charge is -2.14. The van der Waals surface area contributed by atoms with E-state index in [1.54, 1.807) is 0 Å². The largest absolute Gasteiger partial charge is 0.466 e. The summed E-state index contributed by atoms with van der Waals surface area (Å²) in [4.78, 5) is 10.9. The summed E-state index contributed by atoms with van der Waals surface area (Å²) in [7, 11) is 0. The van der Waals surface area contributed by atoms with Gasteiger partial charge in [0, 0.05) is 6.42 Å². The molecule has 6 heteroatoms. The standard InChI is InChI=1S/C9H16F3NO2/c1-2-3-6-15-8(14)5-4-7(13)9(10,11)12/h7H,2-6,13H2,1H3/t7-/m1/s1. The SMILES string of the molecule is CCCCOC(=O)CC[C@@H](N)C(F)(F)F. The Hall–Kier alpha value is -0.780. The molecular formula is C9H16F3NO2. The molecule has 0 aliphatic rings. The predicted molar refractivity (Wildman–Crippen MR) is 49.1 cm³/mol. The first-order chi connectivity index (χ1) is 6.88. The smallest absolute Gasteiger partial charge is 0.403 e. The molecule has 0 heterocycles. The van der Waals surface area contributed by atoms with E-state index in [1.807, 2.05) is 6.92 Å². The average molecular weight is 227 g/mol. The zero-order chi connectivity index (χ0) is 11.9.